The van der Waals surface area contributed by atoms with Crippen molar-refractivity contribution in [2.75, 3.05) is 0 Å². The first-order valence-electron chi connectivity index (χ1n) is 5.96. The van der Waals surface area contributed by atoms with Crippen molar-refractivity contribution >= 4 is 5.69 Å². The molecular weight excluding hydrogens is 258 g/mol. The first-order valence-corrected chi connectivity index (χ1v) is 5.96. The third kappa shape index (κ3) is 1.83. The lowest BCUT2D eigenvalue weighted by Crippen LogP contribution is -1.96. The van der Waals surface area contributed by atoms with Gasteiger partial charge in [0.05, 0.1) is 16.2 Å². The summed E-state index contributed by atoms with van der Waals surface area (Å²) in [6.45, 7) is 0. The average Bonchev–Trinajstić information content (AvgIpc) is 3.11. The van der Waals surface area contributed by atoms with Gasteiger partial charge in [-0.25, -0.2) is 0 Å². The van der Waals surface area contributed by atoms with Gasteiger partial charge in [0.2, 0.25) is 0 Å². The number of nitrogens with one attached hydrogen (secondary N) is 2. The lowest BCUT2D eigenvalue weighted by atomic mass is 9.99. The molecule has 0 saturated heterocycles. The number of phenolic OH excluding ortho intramolecular Hbond substituents is 1. The zero-order valence-corrected chi connectivity index (χ0v) is 10.3. The van der Waals surface area contributed by atoms with Gasteiger partial charge >= 0.3 is 5.69 Å². The number of hydrogen-bond acceptors (Lipinski definition) is 3. The number of aromatic nitrogens is 2. The van der Waals surface area contributed by atoms with E-state index in [4.69, 9.17) is 0 Å². The molecule has 0 fully saturated rings. The number of aromatic amines is 2. The van der Waals surface area contributed by atoms with E-state index in [9.17, 15) is 15.2 Å². The van der Waals surface area contributed by atoms with Crippen LogP contribution in [0.4, 0.5) is 5.69 Å². The van der Waals surface area contributed by atoms with Crippen molar-refractivity contribution in [3.05, 3.63) is 58.9 Å². The van der Waals surface area contributed by atoms with E-state index in [1.165, 1.54) is 6.07 Å². The fraction of sp³-hybridized carbons (Fsp3) is 0. The summed E-state index contributed by atoms with van der Waals surface area (Å²) in [5.41, 5.74) is 2.04. The van der Waals surface area contributed by atoms with E-state index in [1.807, 2.05) is 12.1 Å². The minimum atomic E-state index is -0.571. The molecule has 0 unspecified atom stereocenters. The van der Waals surface area contributed by atoms with Crippen molar-refractivity contribution in [1.82, 2.24) is 9.97 Å². The van der Waals surface area contributed by atoms with Gasteiger partial charge in [0.25, 0.3) is 0 Å². The Labute approximate surface area is 113 Å². The van der Waals surface area contributed by atoms with Crippen molar-refractivity contribution in [3.8, 4) is 28.3 Å². The van der Waals surface area contributed by atoms with Crippen LogP contribution in [-0.4, -0.2) is 20.0 Å². The maximum atomic E-state index is 11.3. The van der Waals surface area contributed by atoms with E-state index in [0.717, 1.165) is 5.69 Å². The van der Waals surface area contributed by atoms with Gasteiger partial charge in [-0.3, -0.25) is 10.1 Å². The van der Waals surface area contributed by atoms with E-state index in [0.29, 0.717) is 16.8 Å². The van der Waals surface area contributed by atoms with E-state index in [2.05, 4.69) is 9.97 Å². The number of H-pyrrole nitrogens is 2. The van der Waals surface area contributed by atoms with Gasteiger partial charge in [-0.15, -0.1) is 0 Å². The smallest absolute Gasteiger partial charge is 0.320 e. The average molecular weight is 269 g/mol. The highest BCUT2D eigenvalue weighted by molar-refractivity contribution is 5.89. The maximum Gasteiger partial charge on any atom is 0.320 e. The molecule has 100 valence electrons. The van der Waals surface area contributed by atoms with Gasteiger partial charge in [0, 0.05) is 23.7 Å². The Morgan fingerprint density at radius 3 is 2.20 bits per heavy atom. The fourth-order valence-electron chi connectivity index (χ4n) is 2.25. The van der Waals surface area contributed by atoms with Crippen molar-refractivity contribution in [2.45, 2.75) is 0 Å². The number of nitro groups is 1. The summed E-state index contributed by atoms with van der Waals surface area (Å²) in [6, 6.07) is 10.1. The summed E-state index contributed by atoms with van der Waals surface area (Å²) in [7, 11) is 0. The second kappa shape index (κ2) is 4.58. The zero-order valence-electron chi connectivity index (χ0n) is 10.3. The summed E-state index contributed by atoms with van der Waals surface area (Å²) >= 11 is 0. The highest BCUT2D eigenvalue weighted by Crippen LogP contribution is 2.42. The van der Waals surface area contributed by atoms with Crippen LogP contribution >= 0.6 is 0 Å². The van der Waals surface area contributed by atoms with Crippen molar-refractivity contribution in [2.24, 2.45) is 0 Å². The van der Waals surface area contributed by atoms with E-state index < -0.39 is 4.92 Å². The Morgan fingerprint density at radius 2 is 1.65 bits per heavy atom. The molecule has 0 spiro atoms. The van der Waals surface area contributed by atoms with Crippen molar-refractivity contribution in [3.63, 3.8) is 0 Å². The molecule has 0 bridgehead atoms. The molecule has 2 aromatic heterocycles. The number of rotatable bonds is 3. The molecule has 3 aromatic rings. The van der Waals surface area contributed by atoms with Gasteiger partial charge < -0.3 is 15.1 Å². The van der Waals surface area contributed by atoms with Crippen LogP contribution in [0.5, 0.6) is 5.75 Å². The largest absolute Gasteiger partial charge is 0.502 e. The number of hydrogen-bond donors (Lipinski definition) is 3. The highest BCUT2D eigenvalue weighted by atomic mass is 16.6. The molecule has 2 heterocycles. The maximum absolute atomic E-state index is 11.3. The van der Waals surface area contributed by atoms with Crippen molar-refractivity contribution in [1.29, 1.82) is 0 Å². The molecule has 0 amide bonds. The standard InChI is InChI=1S/C14H11N3O3/c18-12-6-5-9(10-3-1-7-15-10)13(14(12)17(19)20)11-4-2-8-16-11/h1-8,15-16,18H. The van der Waals surface area contributed by atoms with Crippen LogP contribution in [0.2, 0.25) is 0 Å². The topological polar surface area (TPSA) is 94.9 Å². The summed E-state index contributed by atoms with van der Waals surface area (Å²) < 4.78 is 0. The summed E-state index contributed by atoms with van der Waals surface area (Å²) in [4.78, 5) is 16.7. The van der Waals surface area contributed by atoms with E-state index in [-0.39, 0.29) is 11.4 Å². The third-order valence-corrected chi connectivity index (χ3v) is 3.09. The third-order valence-electron chi connectivity index (χ3n) is 3.09. The Morgan fingerprint density at radius 1 is 1.00 bits per heavy atom. The van der Waals surface area contributed by atoms with Crippen LogP contribution in [-0.2, 0) is 0 Å². The lowest BCUT2D eigenvalue weighted by molar-refractivity contribution is -0.385. The minimum absolute atomic E-state index is 0.306. The highest BCUT2D eigenvalue weighted by Gasteiger charge is 2.25. The summed E-state index contributed by atoms with van der Waals surface area (Å²) in [5.74, 6) is -0.352. The molecule has 0 radical (unpaired) electrons. The van der Waals surface area contributed by atoms with Crippen LogP contribution in [0.25, 0.3) is 22.5 Å². The monoisotopic (exact) mass is 269 g/mol. The second-order valence-corrected chi connectivity index (χ2v) is 4.28. The van der Waals surface area contributed by atoms with Crippen LogP contribution in [0, 0.1) is 10.1 Å². The molecule has 0 saturated carbocycles. The van der Waals surface area contributed by atoms with Crippen LogP contribution in [0.15, 0.2) is 48.8 Å². The molecule has 6 nitrogen and oxygen atoms in total. The number of aromatic hydroxyl groups is 1. The predicted octanol–water partition coefficient (Wildman–Crippen LogP) is 3.29. The molecule has 0 aliphatic rings. The molecule has 6 heteroatoms. The number of nitro benzene ring substituents is 1. The first kappa shape index (κ1) is 12.0. The van der Waals surface area contributed by atoms with Crippen LogP contribution < -0.4 is 0 Å². The molecule has 1 aromatic carbocycles. The number of benzene rings is 1. The van der Waals surface area contributed by atoms with Crippen molar-refractivity contribution < 1.29 is 10.0 Å². The number of phenols is 1. The van der Waals surface area contributed by atoms with Gasteiger partial charge in [-0.2, -0.15) is 0 Å². The lowest BCUT2D eigenvalue weighted by Gasteiger charge is -2.09. The second-order valence-electron chi connectivity index (χ2n) is 4.28. The molecule has 0 aliphatic heterocycles. The Balaban J connectivity index is 2.36. The normalized spacial score (nSPS) is 10.6. The number of nitrogens with zero attached hydrogens (tertiary/aromatic N) is 1. The summed E-state index contributed by atoms with van der Waals surface area (Å²) in [6.07, 6.45) is 3.42. The van der Waals surface area contributed by atoms with Gasteiger partial charge in [-0.1, -0.05) is 0 Å². The quantitative estimate of drug-likeness (QED) is 0.503. The van der Waals surface area contributed by atoms with Crippen LogP contribution in [0.3, 0.4) is 0 Å². The molecule has 20 heavy (non-hydrogen) atoms. The molecule has 3 rings (SSSR count). The Hall–Kier alpha value is -3.02. The fourth-order valence-corrected chi connectivity index (χ4v) is 2.25. The SMILES string of the molecule is O=[N+]([O-])c1c(O)ccc(-c2ccc[nH]2)c1-c1ccc[nH]1. The Kier molecular flexibility index (Phi) is 2.76. The molecule has 0 aliphatic carbocycles. The van der Waals surface area contributed by atoms with E-state index in [1.54, 1.807) is 30.6 Å². The Bertz CT molecular complexity index is 746. The van der Waals surface area contributed by atoms with Gasteiger partial charge in [0.15, 0.2) is 5.75 Å². The zero-order chi connectivity index (χ0) is 14.1. The minimum Gasteiger partial charge on any atom is -0.502 e. The first-order chi connectivity index (χ1) is 9.68. The molecular formula is C14H11N3O3. The summed E-state index contributed by atoms with van der Waals surface area (Å²) in [5, 5.41) is 21.1. The molecule has 3 N–H and O–H groups in total. The van der Waals surface area contributed by atoms with Gasteiger partial charge in [-0.05, 0) is 36.4 Å². The predicted molar refractivity (Wildman–Crippen MR) is 74.3 cm³/mol. The van der Waals surface area contributed by atoms with Crippen LogP contribution in [0.1, 0.15) is 0 Å². The van der Waals surface area contributed by atoms with E-state index >= 15 is 0 Å². The molecule has 0 atom stereocenters. The van der Waals surface area contributed by atoms with Gasteiger partial charge in [0.1, 0.15) is 0 Å².